The van der Waals surface area contributed by atoms with Gasteiger partial charge in [-0.3, -0.25) is 4.79 Å². The molecule has 1 saturated carbocycles. The number of ether oxygens (including phenoxy) is 1. The number of aromatic nitrogens is 2. The number of rotatable bonds is 7. The van der Waals surface area contributed by atoms with E-state index in [9.17, 15) is 4.79 Å². The van der Waals surface area contributed by atoms with Crippen molar-refractivity contribution in [2.24, 2.45) is 5.92 Å². The highest BCUT2D eigenvalue weighted by molar-refractivity contribution is 5.70. The summed E-state index contributed by atoms with van der Waals surface area (Å²) in [6.07, 6.45) is 9.84. The molecule has 0 bridgehead atoms. The highest BCUT2D eigenvalue weighted by Crippen LogP contribution is 2.31. The van der Waals surface area contributed by atoms with Crippen LogP contribution in [-0.4, -0.2) is 21.7 Å². The first-order valence-electron chi connectivity index (χ1n) is 9.33. The zero-order chi connectivity index (χ0) is 18.3. The third-order valence-corrected chi connectivity index (χ3v) is 4.61. The first kappa shape index (κ1) is 19.4. The summed E-state index contributed by atoms with van der Waals surface area (Å²) in [5.74, 6) is 0.718. The fourth-order valence-corrected chi connectivity index (χ4v) is 3.47. The molecule has 6 nitrogen and oxygen atoms in total. The molecule has 1 unspecified atom stereocenters. The van der Waals surface area contributed by atoms with Gasteiger partial charge in [-0.2, -0.15) is 10.2 Å². The molecule has 1 aliphatic carbocycles. The molecular weight excluding hydrogens is 318 g/mol. The fourth-order valence-electron chi connectivity index (χ4n) is 3.47. The summed E-state index contributed by atoms with van der Waals surface area (Å²) in [6.45, 7) is 5.55. The second kappa shape index (κ2) is 8.98. The van der Waals surface area contributed by atoms with Crippen LogP contribution < -0.4 is 0 Å². The van der Waals surface area contributed by atoms with Gasteiger partial charge in [0.15, 0.2) is 0 Å². The lowest BCUT2D eigenvalue weighted by atomic mass is 9.84. The van der Waals surface area contributed by atoms with Gasteiger partial charge in [-0.15, -0.1) is 0 Å². The Kier molecular flexibility index (Phi) is 6.98. The van der Waals surface area contributed by atoms with Crippen molar-refractivity contribution >= 4 is 5.97 Å². The molecule has 25 heavy (non-hydrogen) atoms. The van der Waals surface area contributed by atoms with E-state index in [1.165, 1.54) is 38.5 Å². The highest BCUT2D eigenvalue weighted by atomic mass is 16.6. The molecule has 1 heterocycles. The monoisotopic (exact) mass is 347 g/mol. The Morgan fingerprint density at radius 1 is 1.36 bits per heavy atom. The first-order chi connectivity index (χ1) is 11.9. The van der Waals surface area contributed by atoms with Crippen LogP contribution in [0.5, 0.6) is 0 Å². The SMILES string of the molecule is CC(C)(C)OC(=O)CC(CCCC1CCCCC1)c1nc(C#N)no1. The molecule has 0 amide bonds. The van der Waals surface area contributed by atoms with Crippen LogP contribution in [-0.2, 0) is 9.53 Å². The van der Waals surface area contributed by atoms with E-state index >= 15 is 0 Å². The summed E-state index contributed by atoms with van der Waals surface area (Å²) in [5.41, 5.74) is -0.517. The maximum Gasteiger partial charge on any atom is 0.307 e. The Morgan fingerprint density at radius 2 is 2.08 bits per heavy atom. The van der Waals surface area contributed by atoms with Gasteiger partial charge in [0.2, 0.25) is 5.89 Å². The number of hydrogen-bond acceptors (Lipinski definition) is 6. The van der Waals surface area contributed by atoms with Gasteiger partial charge in [0, 0.05) is 5.92 Å². The normalized spacial score (nSPS) is 17.0. The molecular formula is C19H29N3O3. The van der Waals surface area contributed by atoms with Gasteiger partial charge in [0.1, 0.15) is 11.7 Å². The van der Waals surface area contributed by atoms with Gasteiger partial charge >= 0.3 is 5.97 Å². The number of nitriles is 1. The minimum absolute atomic E-state index is 0.0106. The van der Waals surface area contributed by atoms with Crippen molar-refractivity contribution in [3.05, 3.63) is 11.7 Å². The largest absolute Gasteiger partial charge is 0.460 e. The quantitative estimate of drug-likeness (QED) is 0.674. The smallest absolute Gasteiger partial charge is 0.307 e. The lowest BCUT2D eigenvalue weighted by Gasteiger charge is -2.23. The minimum Gasteiger partial charge on any atom is -0.460 e. The molecule has 1 aliphatic rings. The third kappa shape index (κ3) is 6.85. The number of carbonyl (C=O) groups is 1. The third-order valence-electron chi connectivity index (χ3n) is 4.61. The second-order valence-corrected chi connectivity index (χ2v) is 7.99. The maximum atomic E-state index is 12.2. The number of esters is 1. The summed E-state index contributed by atoms with van der Waals surface area (Å²) in [5, 5.41) is 12.5. The molecule has 0 aliphatic heterocycles. The fraction of sp³-hybridized carbons (Fsp3) is 0.789. The van der Waals surface area contributed by atoms with E-state index in [0.717, 1.165) is 18.8 Å². The predicted octanol–water partition coefficient (Wildman–Crippen LogP) is 4.51. The molecule has 0 saturated heterocycles. The molecule has 1 aromatic rings. The number of carbonyl (C=O) groups excluding carboxylic acids is 1. The van der Waals surface area contributed by atoms with E-state index in [0.29, 0.717) is 5.89 Å². The number of nitrogens with zero attached hydrogens (tertiary/aromatic N) is 3. The van der Waals surface area contributed by atoms with Gasteiger partial charge in [-0.1, -0.05) is 44.9 Å². The van der Waals surface area contributed by atoms with Crippen LogP contribution in [0.25, 0.3) is 0 Å². The molecule has 1 aromatic heterocycles. The summed E-state index contributed by atoms with van der Waals surface area (Å²) in [4.78, 5) is 16.3. The molecule has 0 N–H and O–H groups in total. The molecule has 6 heteroatoms. The van der Waals surface area contributed by atoms with Gasteiger partial charge < -0.3 is 9.26 Å². The van der Waals surface area contributed by atoms with E-state index in [2.05, 4.69) is 10.1 Å². The minimum atomic E-state index is -0.517. The van der Waals surface area contributed by atoms with Crippen LogP contribution in [0.1, 0.15) is 96.2 Å². The van der Waals surface area contributed by atoms with Crippen molar-refractivity contribution in [1.29, 1.82) is 5.26 Å². The summed E-state index contributed by atoms with van der Waals surface area (Å²) < 4.78 is 10.6. The molecule has 2 rings (SSSR count). The van der Waals surface area contributed by atoms with Gasteiger partial charge in [0.05, 0.1) is 6.42 Å². The summed E-state index contributed by atoms with van der Waals surface area (Å²) in [6, 6.07) is 1.87. The van der Waals surface area contributed by atoms with Crippen LogP contribution in [0, 0.1) is 17.2 Å². The van der Waals surface area contributed by atoms with Gasteiger partial charge in [0.25, 0.3) is 5.82 Å². The molecule has 1 atom stereocenters. The standard InChI is InChI=1S/C19H29N3O3/c1-19(2,3)24-17(23)12-15(18-21-16(13-20)22-25-18)11-7-10-14-8-5-4-6-9-14/h14-15H,4-12H2,1-3H3. The van der Waals surface area contributed by atoms with Crippen LogP contribution in [0.2, 0.25) is 0 Å². The maximum absolute atomic E-state index is 12.2. The molecule has 0 radical (unpaired) electrons. The topological polar surface area (TPSA) is 89.0 Å². The van der Waals surface area contributed by atoms with Crippen LogP contribution >= 0.6 is 0 Å². The first-order valence-corrected chi connectivity index (χ1v) is 9.33. The second-order valence-electron chi connectivity index (χ2n) is 7.99. The Balaban J connectivity index is 1.93. The Labute approximate surface area is 149 Å². The highest BCUT2D eigenvalue weighted by Gasteiger charge is 2.26. The zero-order valence-corrected chi connectivity index (χ0v) is 15.6. The van der Waals surface area contributed by atoms with Crippen molar-refractivity contribution in [3.63, 3.8) is 0 Å². The van der Waals surface area contributed by atoms with E-state index < -0.39 is 5.60 Å². The van der Waals surface area contributed by atoms with Crippen molar-refractivity contribution in [2.75, 3.05) is 0 Å². The van der Waals surface area contributed by atoms with Crippen molar-refractivity contribution in [2.45, 2.75) is 90.1 Å². The van der Waals surface area contributed by atoms with E-state index in [-0.39, 0.29) is 24.1 Å². The van der Waals surface area contributed by atoms with Crippen LogP contribution in [0.15, 0.2) is 4.52 Å². The van der Waals surface area contributed by atoms with E-state index in [1.54, 1.807) is 0 Å². The van der Waals surface area contributed by atoms with E-state index in [1.807, 2.05) is 26.8 Å². The van der Waals surface area contributed by atoms with Crippen LogP contribution in [0.3, 0.4) is 0 Å². The van der Waals surface area contributed by atoms with Crippen molar-refractivity contribution in [1.82, 2.24) is 10.1 Å². The molecule has 1 fully saturated rings. The van der Waals surface area contributed by atoms with Crippen molar-refractivity contribution < 1.29 is 14.1 Å². The Hall–Kier alpha value is -1.90. The lowest BCUT2D eigenvalue weighted by Crippen LogP contribution is -2.25. The predicted molar refractivity (Wildman–Crippen MR) is 92.6 cm³/mol. The molecule has 138 valence electrons. The lowest BCUT2D eigenvalue weighted by molar-refractivity contribution is -0.155. The van der Waals surface area contributed by atoms with Gasteiger partial charge in [-0.05, 0) is 38.3 Å². The van der Waals surface area contributed by atoms with Crippen LogP contribution in [0.4, 0.5) is 0 Å². The Bertz CT molecular complexity index is 592. The van der Waals surface area contributed by atoms with E-state index in [4.69, 9.17) is 14.5 Å². The average molecular weight is 347 g/mol. The number of hydrogen-bond donors (Lipinski definition) is 0. The van der Waals surface area contributed by atoms with Crippen molar-refractivity contribution in [3.8, 4) is 6.07 Å². The summed E-state index contributed by atoms with van der Waals surface area (Å²) >= 11 is 0. The molecule has 0 aromatic carbocycles. The summed E-state index contributed by atoms with van der Waals surface area (Å²) in [7, 11) is 0. The van der Waals surface area contributed by atoms with Gasteiger partial charge in [-0.25, -0.2) is 0 Å². The molecule has 0 spiro atoms. The average Bonchev–Trinajstić information content (AvgIpc) is 3.02. The Morgan fingerprint density at radius 3 is 2.68 bits per heavy atom. The zero-order valence-electron chi connectivity index (χ0n) is 15.6.